The second-order valence-electron chi connectivity index (χ2n) is 3.01. The third-order valence-corrected chi connectivity index (χ3v) is 2.41. The maximum atomic E-state index is 6.04. The number of hydrogen-bond acceptors (Lipinski definition) is 1. The lowest BCUT2D eigenvalue weighted by atomic mass is 10.1. The summed E-state index contributed by atoms with van der Waals surface area (Å²) in [5, 5.41) is 3.01. The van der Waals surface area contributed by atoms with E-state index in [9.17, 15) is 0 Å². The van der Waals surface area contributed by atoms with Crippen LogP contribution in [0.25, 0.3) is 0 Å². The Morgan fingerprint density at radius 2 is 2.00 bits per heavy atom. The van der Waals surface area contributed by atoms with E-state index in [1.807, 2.05) is 7.05 Å². The Bertz CT molecular complexity index is 271. The lowest BCUT2D eigenvalue weighted by Crippen LogP contribution is -2.11. The Morgan fingerprint density at radius 3 is 2.50 bits per heavy atom. The molecule has 0 bridgehead atoms. The highest BCUT2D eigenvalue weighted by Gasteiger charge is 2.06. The summed E-state index contributed by atoms with van der Waals surface area (Å²) in [6.45, 7) is 4.16. The Balaban J connectivity index is 3.01. The first-order chi connectivity index (χ1) is 5.65. The molecule has 0 spiro atoms. The summed E-state index contributed by atoms with van der Waals surface area (Å²) < 4.78 is 0. The van der Waals surface area contributed by atoms with Crippen molar-refractivity contribution in [3.8, 4) is 0 Å². The lowest BCUT2D eigenvalue weighted by molar-refractivity contribution is 0.778. The zero-order valence-electron chi connectivity index (χ0n) is 7.69. The molecule has 0 amide bonds. The van der Waals surface area contributed by atoms with Gasteiger partial charge in [-0.05, 0) is 32.0 Å². The zero-order chi connectivity index (χ0) is 9.14. The normalized spacial score (nSPS) is 13.0. The minimum Gasteiger partial charge on any atom is -0.301 e. The SMILES string of the molecule is CNC(Cl)c1ccc(C)cc1C. The van der Waals surface area contributed by atoms with E-state index < -0.39 is 0 Å². The van der Waals surface area contributed by atoms with Crippen LogP contribution in [-0.4, -0.2) is 7.05 Å². The van der Waals surface area contributed by atoms with Gasteiger partial charge < -0.3 is 5.32 Å². The standard InChI is InChI=1S/C10H14ClN/c1-7-4-5-9(8(2)6-7)10(11)12-3/h4-6,10,12H,1-3H3. The highest BCUT2D eigenvalue weighted by atomic mass is 35.5. The third-order valence-electron chi connectivity index (χ3n) is 1.95. The fraction of sp³-hybridized carbons (Fsp3) is 0.400. The van der Waals surface area contributed by atoms with Crippen LogP contribution in [0.2, 0.25) is 0 Å². The first kappa shape index (κ1) is 9.56. The van der Waals surface area contributed by atoms with E-state index in [1.165, 1.54) is 11.1 Å². The van der Waals surface area contributed by atoms with Crippen LogP contribution in [-0.2, 0) is 0 Å². The third kappa shape index (κ3) is 1.99. The molecule has 0 aliphatic carbocycles. The van der Waals surface area contributed by atoms with Crippen LogP contribution in [0.5, 0.6) is 0 Å². The molecule has 0 saturated carbocycles. The van der Waals surface area contributed by atoms with Crippen LogP contribution in [0.3, 0.4) is 0 Å². The van der Waals surface area contributed by atoms with E-state index in [1.54, 1.807) is 0 Å². The zero-order valence-corrected chi connectivity index (χ0v) is 8.44. The minimum absolute atomic E-state index is 0.0781. The highest BCUT2D eigenvalue weighted by Crippen LogP contribution is 2.21. The van der Waals surface area contributed by atoms with Crippen LogP contribution in [0.1, 0.15) is 22.2 Å². The summed E-state index contributed by atoms with van der Waals surface area (Å²) in [5.41, 5.74) is 3.59. The Labute approximate surface area is 78.7 Å². The summed E-state index contributed by atoms with van der Waals surface area (Å²) in [7, 11) is 1.86. The number of hydrogen-bond donors (Lipinski definition) is 1. The largest absolute Gasteiger partial charge is 0.301 e. The molecule has 1 unspecified atom stereocenters. The number of nitrogens with one attached hydrogen (secondary N) is 1. The molecule has 1 aromatic rings. The van der Waals surface area contributed by atoms with E-state index in [0.717, 1.165) is 5.56 Å². The van der Waals surface area contributed by atoms with Crippen LogP contribution in [0.4, 0.5) is 0 Å². The molecular formula is C10H14ClN. The Morgan fingerprint density at radius 1 is 1.33 bits per heavy atom. The average Bonchev–Trinajstić information content (AvgIpc) is 2.03. The second-order valence-corrected chi connectivity index (χ2v) is 3.45. The second kappa shape index (κ2) is 3.92. The fourth-order valence-corrected chi connectivity index (χ4v) is 1.51. The van der Waals surface area contributed by atoms with Gasteiger partial charge in [-0.3, -0.25) is 0 Å². The predicted octanol–water partition coefficient (Wildman–Crippen LogP) is 2.76. The molecular weight excluding hydrogens is 170 g/mol. The van der Waals surface area contributed by atoms with E-state index in [4.69, 9.17) is 11.6 Å². The molecule has 0 heterocycles. The molecule has 1 rings (SSSR count). The number of aryl methyl sites for hydroxylation is 2. The topological polar surface area (TPSA) is 12.0 Å². The van der Waals surface area contributed by atoms with Gasteiger partial charge in [0.2, 0.25) is 0 Å². The van der Waals surface area contributed by atoms with Gasteiger partial charge in [0.25, 0.3) is 0 Å². The molecule has 1 aromatic carbocycles. The first-order valence-electron chi connectivity index (χ1n) is 4.03. The molecule has 0 saturated heterocycles. The molecule has 2 heteroatoms. The van der Waals surface area contributed by atoms with Crippen LogP contribution in [0, 0.1) is 13.8 Å². The number of alkyl halides is 1. The van der Waals surface area contributed by atoms with Crippen LogP contribution in [0.15, 0.2) is 18.2 Å². The van der Waals surface area contributed by atoms with E-state index in [-0.39, 0.29) is 5.50 Å². The van der Waals surface area contributed by atoms with Gasteiger partial charge in [0.1, 0.15) is 5.50 Å². The number of benzene rings is 1. The molecule has 0 aliphatic heterocycles. The van der Waals surface area contributed by atoms with Gasteiger partial charge >= 0.3 is 0 Å². The minimum atomic E-state index is -0.0781. The van der Waals surface area contributed by atoms with Gasteiger partial charge in [-0.15, -0.1) is 11.6 Å². The van der Waals surface area contributed by atoms with Crippen molar-refractivity contribution in [3.05, 3.63) is 34.9 Å². The van der Waals surface area contributed by atoms with Gasteiger partial charge in [0, 0.05) is 0 Å². The van der Waals surface area contributed by atoms with Crippen molar-refractivity contribution in [2.24, 2.45) is 0 Å². The molecule has 12 heavy (non-hydrogen) atoms. The van der Waals surface area contributed by atoms with Gasteiger partial charge in [-0.25, -0.2) is 0 Å². The monoisotopic (exact) mass is 183 g/mol. The van der Waals surface area contributed by atoms with Gasteiger partial charge in [0.05, 0.1) is 0 Å². The molecule has 1 atom stereocenters. The molecule has 1 nitrogen and oxygen atoms in total. The predicted molar refractivity (Wildman–Crippen MR) is 53.6 cm³/mol. The van der Waals surface area contributed by atoms with Crippen molar-refractivity contribution < 1.29 is 0 Å². The molecule has 0 radical (unpaired) electrons. The van der Waals surface area contributed by atoms with E-state index >= 15 is 0 Å². The van der Waals surface area contributed by atoms with Crippen molar-refractivity contribution in [2.45, 2.75) is 19.3 Å². The molecule has 0 aliphatic rings. The Hall–Kier alpha value is -0.530. The summed E-state index contributed by atoms with van der Waals surface area (Å²) in [4.78, 5) is 0. The highest BCUT2D eigenvalue weighted by molar-refractivity contribution is 6.20. The quantitative estimate of drug-likeness (QED) is 0.549. The van der Waals surface area contributed by atoms with Crippen molar-refractivity contribution in [1.29, 1.82) is 0 Å². The smallest absolute Gasteiger partial charge is 0.108 e. The molecule has 0 aromatic heterocycles. The first-order valence-corrected chi connectivity index (χ1v) is 4.47. The summed E-state index contributed by atoms with van der Waals surface area (Å²) in [6.07, 6.45) is 0. The van der Waals surface area contributed by atoms with Crippen molar-refractivity contribution in [3.63, 3.8) is 0 Å². The Kier molecular flexibility index (Phi) is 3.12. The van der Waals surface area contributed by atoms with Crippen LogP contribution >= 0.6 is 11.6 Å². The van der Waals surface area contributed by atoms with Crippen LogP contribution < -0.4 is 5.32 Å². The van der Waals surface area contributed by atoms with Gasteiger partial charge in [-0.2, -0.15) is 0 Å². The van der Waals surface area contributed by atoms with Crippen molar-refractivity contribution >= 4 is 11.6 Å². The molecule has 1 N–H and O–H groups in total. The number of rotatable bonds is 2. The molecule has 66 valence electrons. The van der Waals surface area contributed by atoms with Crippen molar-refractivity contribution in [1.82, 2.24) is 5.32 Å². The maximum absolute atomic E-state index is 6.04. The van der Waals surface area contributed by atoms with E-state index in [0.29, 0.717) is 0 Å². The summed E-state index contributed by atoms with van der Waals surface area (Å²) in [5.74, 6) is 0. The summed E-state index contributed by atoms with van der Waals surface area (Å²) in [6, 6.07) is 6.29. The van der Waals surface area contributed by atoms with Crippen molar-refractivity contribution in [2.75, 3.05) is 7.05 Å². The van der Waals surface area contributed by atoms with Gasteiger partial charge in [0.15, 0.2) is 0 Å². The number of halogens is 1. The lowest BCUT2D eigenvalue weighted by Gasteiger charge is -2.11. The maximum Gasteiger partial charge on any atom is 0.108 e. The average molecular weight is 184 g/mol. The van der Waals surface area contributed by atoms with Gasteiger partial charge in [-0.1, -0.05) is 23.8 Å². The fourth-order valence-electron chi connectivity index (χ4n) is 1.27. The molecule has 0 fully saturated rings. The van der Waals surface area contributed by atoms with E-state index in [2.05, 4.69) is 37.4 Å². The summed E-state index contributed by atoms with van der Waals surface area (Å²) >= 11 is 6.04.